The highest BCUT2D eigenvalue weighted by Gasteiger charge is 2.28. The van der Waals surface area contributed by atoms with Crippen LogP contribution in [0.2, 0.25) is 0 Å². The number of carbonyl (C=O) groups excluding carboxylic acids is 4. The fourth-order valence-electron chi connectivity index (χ4n) is 3.45. The van der Waals surface area contributed by atoms with Crippen molar-refractivity contribution in [1.29, 1.82) is 0 Å². The van der Waals surface area contributed by atoms with Gasteiger partial charge in [0.15, 0.2) is 0 Å². The van der Waals surface area contributed by atoms with Gasteiger partial charge in [0.2, 0.25) is 11.8 Å². The number of thiazole rings is 1. The lowest BCUT2D eigenvalue weighted by Gasteiger charge is -2.12. The number of rotatable bonds is 8. The molecule has 0 radical (unpaired) electrons. The van der Waals surface area contributed by atoms with Crippen LogP contribution < -0.4 is 16.0 Å². The molecule has 3 aromatic rings. The van der Waals surface area contributed by atoms with Crippen molar-refractivity contribution in [2.75, 3.05) is 23.7 Å². The molecule has 0 saturated carbocycles. The van der Waals surface area contributed by atoms with Gasteiger partial charge in [0.1, 0.15) is 4.88 Å². The van der Waals surface area contributed by atoms with E-state index in [9.17, 15) is 19.2 Å². The third kappa shape index (κ3) is 5.65. The number of nitrogens with one attached hydrogen (secondary N) is 3. The fraction of sp³-hybridized carbons (Fsp3) is 0.208. The van der Waals surface area contributed by atoms with E-state index >= 15 is 0 Å². The molecule has 1 aliphatic rings. The van der Waals surface area contributed by atoms with Crippen LogP contribution in [0, 0.1) is 6.92 Å². The van der Waals surface area contributed by atoms with E-state index in [4.69, 9.17) is 0 Å². The Morgan fingerprint density at radius 2 is 1.71 bits per heavy atom. The van der Waals surface area contributed by atoms with E-state index in [2.05, 4.69) is 20.9 Å². The number of aryl methyl sites for hydroxylation is 1. The first kappa shape index (κ1) is 23.1. The van der Waals surface area contributed by atoms with Gasteiger partial charge in [-0.05, 0) is 36.8 Å². The van der Waals surface area contributed by atoms with Crippen LogP contribution in [0.3, 0.4) is 0 Å². The molecule has 10 heteroatoms. The number of hydrogen-bond acceptors (Lipinski definition) is 6. The number of urea groups is 1. The van der Waals surface area contributed by atoms with E-state index in [0.29, 0.717) is 28.4 Å². The van der Waals surface area contributed by atoms with Gasteiger partial charge in [-0.2, -0.15) is 0 Å². The van der Waals surface area contributed by atoms with Crippen molar-refractivity contribution in [2.24, 2.45) is 0 Å². The van der Waals surface area contributed by atoms with Gasteiger partial charge >= 0.3 is 6.03 Å². The maximum Gasteiger partial charge on any atom is 0.324 e. The highest BCUT2D eigenvalue weighted by Crippen LogP contribution is 2.23. The van der Waals surface area contributed by atoms with E-state index in [-0.39, 0.29) is 37.2 Å². The molecule has 0 atom stereocenters. The van der Waals surface area contributed by atoms with Crippen LogP contribution >= 0.6 is 11.3 Å². The second-order valence-corrected chi connectivity index (χ2v) is 8.80. The van der Waals surface area contributed by atoms with E-state index in [1.54, 1.807) is 24.3 Å². The van der Waals surface area contributed by atoms with Gasteiger partial charge in [-0.1, -0.05) is 30.3 Å². The number of amides is 5. The molecule has 1 fully saturated rings. The Bertz CT molecular complexity index is 1210. The monoisotopic (exact) mass is 477 g/mol. The first-order chi connectivity index (χ1) is 16.4. The zero-order valence-corrected chi connectivity index (χ0v) is 19.3. The SMILES string of the molecule is Cc1nc(Cc2ccccc2)sc1C(=O)Nc1ccc(NC(=O)CCN2C(=O)CNC2=O)cc1. The van der Waals surface area contributed by atoms with Crippen LogP contribution in [0.15, 0.2) is 54.6 Å². The molecule has 1 saturated heterocycles. The number of benzene rings is 2. The third-order valence-corrected chi connectivity index (χ3v) is 6.33. The molecule has 0 unspecified atom stereocenters. The summed E-state index contributed by atoms with van der Waals surface area (Å²) in [6, 6.07) is 16.2. The zero-order valence-electron chi connectivity index (χ0n) is 18.5. The lowest BCUT2D eigenvalue weighted by molar-refractivity contribution is -0.125. The van der Waals surface area contributed by atoms with E-state index < -0.39 is 6.03 Å². The molecule has 2 heterocycles. The summed E-state index contributed by atoms with van der Waals surface area (Å²) in [6.45, 7) is 1.80. The van der Waals surface area contributed by atoms with Gasteiger partial charge in [0.05, 0.1) is 17.2 Å². The molecule has 9 nitrogen and oxygen atoms in total. The summed E-state index contributed by atoms with van der Waals surface area (Å²) in [4.78, 5) is 54.1. The number of anilines is 2. The van der Waals surface area contributed by atoms with Crippen molar-refractivity contribution < 1.29 is 19.2 Å². The van der Waals surface area contributed by atoms with Crippen LogP contribution in [-0.4, -0.2) is 46.7 Å². The standard InChI is InChI=1S/C24H23N5O4S/c1-15-22(34-20(26-15)13-16-5-3-2-4-6-16)23(32)28-18-9-7-17(8-10-18)27-19(30)11-12-29-21(31)14-25-24(29)33/h2-10H,11-14H2,1H3,(H,25,33)(H,27,30)(H,28,32). The summed E-state index contributed by atoms with van der Waals surface area (Å²) in [7, 11) is 0. The highest BCUT2D eigenvalue weighted by atomic mass is 32.1. The Balaban J connectivity index is 1.30. The molecule has 34 heavy (non-hydrogen) atoms. The Hall–Kier alpha value is -4.05. The summed E-state index contributed by atoms with van der Waals surface area (Å²) in [5.74, 6) is -0.906. The van der Waals surface area contributed by atoms with Crippen LogP contribution in [-0.2, 0) is 16.0 Å². The van der Waals surface area contributed by atoms with Gasteiger partial charge in [-0.3, -0.25) is 19.3 Å². The third-order valence-electron chi connectivity index (χ3n) is 5.17. The van der Waals surface area contributed by atoms with Gasteiger partial charge < -0.3 is 16.0 Å². The Labute approximate surface area is 200 Å². The van der Waals surface area contributed by atoms with E-state index in [1.807, 2.05) is 37.3 Å². The minimum absolute atomic E-state index is 0.00633. The number of nitrogens with zero attached hydrogens (tertiary/aromatic N) is 2. The number of carbonyl (C=O) groups is 4. The summed E-state index contributed by atoms with van der Waals surface area (Å²) >= 11 is 1.37. The lowest BCUT2D eigenvalue weighted by Crippen LogP contribution is -2.33. The van der Waals surface area contributed by atoms with Crippen LogP contribution in [0.1, 0.15) is 32.4 Å². The van der Waals surface area contributed by atoms with Gasteiger partial charge in [0, 0.05) is 30.8 Å². The van der Waals surface area contributed by atoms with Crippen molar-refractivity contribution in [1.82, 2.24) is 15.2 Å². The number of aromatic nitrogens is 1. The smallest absolute Gasteiger partial charge is 0.324 e. The molecule has 1 aliphatic heterocycles. The van der Waals surface area contributed by atoms with Crippen molar-refractivity contribution in [3.05, 3.63) is 75.7 Å². The van der Waals surface area contributed by atoms with Crippen molar-refractivity contribution in [3.63, 3.8) is 0 Å². The van der Waals surface area contributed by atoms with Gasteiger partial charge in [-0.15, -0.1) is 11.3 Å². The van der Waals surface area contributed by atoms with Crippen LogP contribution in [0.25, 0.3) is 0 Å². The predicted octanol–water partition coefficient (Wildman–Crippen LogP) is 3.18. The second-order valence-electron chi connectivity index (χ2n) is 7.72. The van der Waals surface area contributed by atoms with Gasteiger partial charge in [0.25, 0.3) is 5.91 Å². The highest BCUT2D eigenvalue weighted by molar-refractivity contribution is 7.14. The molecule has 3 N–H and O–H groups in total. The fourth-order valence-corrected chi connectivity index (χ4v) is 4.45. The summed E-state index contributed by atoms with van der Waals surface area (Å²) in [5, 5.41) is 8.86. The molecule has 1 aromatic heterocycles. The largest absolute Gasteiger partial charge is 0.329 e. The first-order valence-electron chi connectivity index (χ1n) is 10.7. The van der Waals surface area contributed by atoms with Gasteiger partial charge in [-0.25, -0.2) is 9.78 Å². The first-order valence-corrected chi connectivity index (χ1v) is 11.5. The summed E-state index contributed by atoms with van der Waals surface area (Å²) < 4.78 is 0. The maximum absolute atomic E-state index is 12.8. The minimum atomic E-state index is -0.485. The molecule has 0 bridgehead atoms. The quantitative estimate of drug-likeness (QED) is 0.431. The maximum atomic E-state index is 12.8. The molecule has 2 aromatic carbocycles. The lowest BCUT2D eigenvalue weighted by atomic mass is 10.2. The van der Waals surface area contributed by atoms with E-state index in [0.717, 1.165) is 15.5 Å². The van der Waals surface area contributed by atoms with Crippen LogP contribution in [0.5, 0.6) is 0 Å². The Morgan fingerprint density at radius 1 is 1.03 bits per heavy atom. The van der Waals surface area contributed by atoms with Crippen molar-refractivity contribution in [3.8, 4) is 0 Å². The van der Waals surface area contributed by atoms with Crippen LogP contribution in [0.4, 0.5) is 16.2 Å². The van der Waals surface area contributed by atoms with Crippen molar-refractivity contribution >= 4 is 46.5 Å². The zero-order chi connectivity index (χ0) is 24.1. The minimum Gasteiger partial charge on any atom is -0.329 e. The normalized spacial score (nSPS) is 13.0. The Kier molecular flexibility index (Phi) is 6.98. The predicted molar refractivity (Wildman–Crippen MR) is 129 cm³/mol. The molecule has 174 valence electrons. The molecule has 5 amide bonds. The summed E-state index contributed by atoms with van der Waals surface area (Å²) in [6.07, 6.45) is 0.665. The summed E-state index contributed by atoms with van der Waals surface area (Å²) in [5.41, 5.74) is 2.94. The number of hydrogen-bond donors (Lipinski definition) is 3. The molecule has 0 aliphatic carbocycles. The Morgan fingerprint density at radius 3 is 2.35 bits per heavy atom. The molecular weight excluding hydrogens is 454 g/mol. The molecule has 0 spiro atoms. The molecular formula is C24H23N5O4S. The topological polar surface area (TPSA) is 120 Å². The average Bonchev–Trinajstić information content (AvgIpc) is 3.35. The van der Waals surface area contributed by atoms with Crippen molar-refractivity contribution in [2.45, 2.75) is 19.8 Å². The second kappa shape index (κ2) is 10.3. The number of imide groups is 1. The van der Waals surface area contributed by atoms with E-state index in [1.165, 1.54) is 11.3 Å². The molecule has 4 rings (SSSR count). The average molecular weight is 478 g/mol.